The minimum Gasteiger partial charge on any atom is -0.443 e. The van der Waals surface area contributed by atoms with Gasteiger partial charge in [0.25, 0.3) is 10.0 Å². The van der Waals surface area contributed by atoms with Gasteiger partial charge in [-0.25, -0.2) is 21.6 Å². The lowest BCUT2D eigenvalue weighted by molar-refractivity contribution is 0.141. The molecule has 144 valence electrons. The standard InChI is InChI=1S/C18H19NO6S2/c1-13-8-10-16(11-9-13)27(23,24)19-17(14(2)25-18(19)20)12-26(21,22)15-6-4-3-5-7-15/h3-11,14,17H,12H2,1-2H3/t14-,17-/m0/s1. The number of cyclic esters (lactones) is 1. The molecule has 1 fully saturated rings. The highest BCUT2D eigenvalue weighted by Crippen LogP contribution is 2.29. The monoisotopic (exact) mass is 409 g/mol. The summed E-state index contributed by atoms with van der Waals surface area (Å²) in [6, 6.07) is 12.5. The van der Waals surface area contributed by atoms with Gasteiger partial charge in [-0.2, -0.15) is 4.31 Å². The van der Waals surface area contributed by atoms with Gasteiger partial charge < -0.3 is 4.74 Å². The number of hydrogen-bond donors (Lipinski definition) is 0. The van der Waals surface area contributed by atoms with Gasteiger partial charge in [0.2, 0.25) is 0 Å². The third-order valence-corrected chi connectivity index (χ3v) is 7.96. The summed E-state index contributed by atoms with van der Waals surface area (Å²) in [7, 11) is -8.07. The fourth-order valence-corrected chi connectivity index (χ4v) is 6.14. The largest absolute Gasteiger partial charge is 0.443 e. The molecule has 1 amide bonds. The van der Waals surface area contributed by atoms with Gasteiger partial charge in [0.05, 0.1) is 15.5 Å². The molecule has 0 aliphatic carbocycles. The van der Waals surface area contributed by atoms with E-state index in [1.54, 1.807) is 37.3 Å². The summed E-state index contributed by atoms with van der Waals surface area (Å²) in [4.78, 5) is 12.2. The predicted molar refractivity (Wildman–Crippen MR) is 98.4 cm³/mol. The van der Waals surface area contributed by atoms with Crippen LogP contribution in [0.25, 0.3) is 0 Å². The Hall–Kier alpha value is -2.39. The molecule has 0 unspecified atom stereocenters. The van der Waals surface area contributed by atoms with Crippen LogP contribution in [0.3, 0.4) is 0 Å². The first kappa shape index (κ1) is 19.4. The van der Waals surface area contributed by atoms with E-state index < -0.39 is 43.9 Å². The number of hydrogen-bond acceptors (Lipinski definition) is 6. The predicted octanol–water partition coefficient (Wildman–Crippen LogP) is 2.37. The first-order chi connectivity index (χ1) is 12.6. The summed E-state index contributed by atoms with van der Waals surface area (Å²) in [6.45, 7) is 3.28. The molecule has 2 atom stereocenters. The molecule has 0 spiro atoms. The fourth-order valence-electron chi connectivity index (χ4n) is 2.87. The van der Waals surface area contributed by atoms with E-state index >= 15 is 0 Å². The summed E-state index contributed by atoms with van der Waals surface area (Å²) in [6.07, 6.45) is -1.97. The summed E-state index contributed by atoms with van der Waals surface area (Å²) in [5, 5.41) is 0. The van der Waals surface area contributed by atoms with Crippen LogP contribution in [0.2, 0.25) is 0 Å². The van der Waals surface area contributed by atoms with Crippen LogP contribution >= 0.6 is 0 Å². The molecule has 1 aliphatic heterocycles. The first-order valence-corrected chi connectivity index (χ1v) is 11.3. The molecule has 2 aromatic rings. The molecule has 0 aromatic heterocycles. The van der Waals surface area contributed by atoms with Crippen LogP contribution in [0.1, 0.15) is 12.5 Å². The van der Waals surface area contributed by atoms with Crippen molar-refractivity contribution < 1.29 is 26.4 Å². The molecule has 0 bridgehead atoms. The zero-order valence-electron chi connectivity index (χ0n) is 14.8. The van der Waals surface area contributed by atoms with Crippen molar-refractivity contribution in [1.29, 1.82) is 0 Å². The van der Waals surface area contributed by atoms with E-state index in [9.17, 15) is 21.6 Å². The second-order valence-electron chi connectivity index (χ2n) is 6.36. The van der Waals surface area contributed by atoms with E-state index in [2.05, 4.69) is 0 Å². The molecule has 0 radical (unpaired) electrons. The molecule has 1 aliphatic rings. The normalized spacial score (nSPS) is 20.5. The van der Waals surface area contributed by atoms with Crippen LogP contribution in [0.5, 0.6) is 0 Å². The number of carbonyl (C=O) groups excluding carboxylic acids is 1. The van der Waals surface area contributed by atoms with Gasteiger partial charge in [-0.05, 0) is 38.1 Å². The lowest BCUT2D eigenvalue weighted by atomic mass is 10.2. The topological polar surface area (TPSA) is 97.8 Å². The highest BCUT2D eigenvalue weighted by Gasteiger charge is 2.48. The van der Waals surface area contributed by atoms with Crippen molar-refractivity contribution in [3.05, 3.63) is 60.2 Å². The number of benzene rings is 2. The van der Waals surface area contributed by atoms with Gasteiger partial charge in [0.15, 0.2) is 9.84 Å². The molecule has 0 N–H and O–H groups in total. The van der Waals surface area contributed by atoms with Gasteiger partial charge >= 0.3 is 6.09 Å². The number of rotatable bonds is 5. The number of aryl methyl sites for hydroxylation is 1. The highest BCUT2D eigenvalue weighted by atomic mass is 32.2. The maximum Gasteiger partial charge on any atom is 0.424 e. The minimum absolute atomic E-state index is 0.0595. The number of sulfone groups is 1. The zero-order chi connectivity index (χ0) is 19.8. The van der Waals surface area contributed by atoms with Crippen molar-refractivity contribution in [3.8, 4) is 0 Å². The summed E-state index contributed by atoms with van der Waals surface area (Å²) in [5.74, 6) is -0.561. The van der Waals surface area contributed by atoms with Gasteiger partial charge in [-0.15, -0.1) is 0 Å². The van der Waals surface area contributed by atoms with E-state index in [0.717, 1.165) is 5.56 Å². The van der Waals surface area contributed by atoms with Crippen LogP contribution in [-0.2, 0) is 24.6 Å². The van der Waals surface area contributed by atoms with Gasteiger partial charge in [0.1, 0.15) is 12.1 Å². The third-order valence-electron chi connectivity index (χ3n) is 4.38. The fraction of sp³-hybridized carbons (Fsp3) is 0.278. The van der Waals surface area contributed by atoms with Crippen LogP contribution in [0.15, 0.2) is 64.4 Å². The maximum absolute atomic E-state index is 13.0. The van der Waals surface area contributed by atoms with Gasteiger partial charge in [-0.3, -0.25) is 0 Å². The van der Waals surface area contributed by atoms with Gasteiger partial charge in [0, 0.05) is 0 Å². The van der Waals surface area contributed by atoms with Crippen molar-refractivity contribution >= 4 is 26.0 Å². The molecule has 9 heteroatoms. The zero-order valence-corrected chi connectivity index (χ0v) is 16.4. The summed E-state index contributed by atoms with van der Waals surface area (Å²) in [5.41, 5.74) is 0.856. The Kier molecular flexibility index (Phi) is 5.00. The van der Waals surface area contributed by atoms with E-state index in [0.29, 0.717) is 4.31 Å². The highest BCUT2D eigenvalue weighted by molar-refractivity contribution is 7.91. The van der Waals surface area contributed by atoms with Crippen LogP contribution < -0.4 is 0 Å². The van der Waals surface area contributed by atoms with Crippen molar-refractivity contribution in [2.24, 2.45) is 0 Å². The molecular formula is C18H19NO6S2. The Morgan fingerprint density at radius 2 is 1.52 bits per heavy atom. The Morgan fingerprint density at radius 1 is 0.926 bits per heavy atom. The molecular weight excluding hydrogens is 390 g/mol. The van der Waals surface area contributed by atoms with E-state index in [4.69, 9.17) is 4.74 Å². The average molecular weight is 409 g/mol. The lowest BCUT2D eigenvalue weighted by Crippen LogP contribution is -2.44. The molecule has 7 nitrogen and oxygen atoms in total. The number of sulfonamides is 1. The maximum atomic E-state index is 13.0. The van der Waals surface area contributed by atoms with Crippen molar-refractivity contribution in [2.45, 2.75) is 35.8 Å². The smallest absolute Gasteiger partial charge is 0.424 e. The van der Waals surface area contributed by atoms with Crippen molar-refractivity contribution in [1.82, 2.24) is 4.31 Å². The Balaban J connectivity index is 1.99. The number of carbonyl (C=O) groups is 1. The molecule has 1 saturated heterocycles. The molecule has 1 heterocycles. The quantitative estimate of drug-likeness (QED) is 0.752. The minimum atomic E-state index is -4.25. The van der Waals surface area contributed by atoms with E-state index in [1.165, 1.54) is 31.2 Å². The third kappa shape index (κ3) is 3.70. The van der Waals surface area contributed by atoms with E-state index in [-0.39, 0.29) is 9.79 Å². The van der Waals surface area contributed by atoms with Gasteiger partial charge in [-0.1, -0.05) is 35.9 Å². The van der Waals surface area contributed by atoms with Crippen LogP contribution in [-0.4, -0.2) is 45.1 Å². The average Bonchev–Trinajstić information content (AvgIpc) is 2.89. The second-order valence-corrected chi connectivity index (χ2v) is 10.2. The van der Waals surface area contributed by atoms with Crippen LogP contribution in [0.4, 0.5) is 4.79 Å². The Labute approximate surface area is 158 Å². The van der Waals surface area contributed by atoms with Crippen LogP contribution in [0, 0.1) is 6.92 Å². The molecule has 2 aromatic carbocycles. The number of amides is 1. The Morgan fingerprint density at radius 3 is 2.11 bits per heavy atom. The lowest BCUT2D eigenvalue weighted by Gasteiger charge is -2.23. The van der Waals surface area contributed by atoms with E-state index in [1.807, 2.05) is 0 Å². The summed E-state index contributed by atoms with van der Waals surface area (Å²) >= 11 is 0. The van der Waals surface area contributed by atoms with Crippen molar-refractivity contribution in [3.63, 3.8) is 0 Å². The first-order valence-electron chi connectivity index (χ1n) is 8.22. The number of nitrogens with zero attached hydrogens (tertiary/aromatic N) is 1. The summed E-state index contributed by atoms with van der Waals surface area (Å²) < 4.78 is 56.9. The second kappa shape index (κ2) is 6.97. The number of ether oxygens (including phenoxy) is 1. The molecule has 3 rings (SSSR count). The Bertz CT molecular complexity index is 1050. The molecule has 27 heavy (non-hydrogen) atoms. The SMILES string of the molecule is Cc1ccc(S(=O)(=O)N2C(=O)O[C@@H](C)[C@@H]2CS(=O)(=O)c2ccccc2)cc1. The molecule has 0 saturated carbocycles. The van der Waals surface area contributed by atoms with Crippen molar-refractivity contribution in [2.75, 3.05) is 5.75 Å².